The van der Waals surface area contributed by atoms with Gasteiger partial charge in [-0.1, -0.05) is 0 Å². The average Bonchev–Trinajstić information content (AvgIpc) is 2.52. The third-order valence-corrected chi connectivity index (χ3v) is 3.96. The molecule has 0 heterocycles. The number of nitrogens with one attached hydrogen (secondary N) is 1. The van der Waals surface area contributed by atoms with Gasteiger partial charge in [0.15, 0.2) is 17.6 Å². The predicted octanol–water partition coefficient (Wildman–Crippen LogP) is 0.437. The maximum absolute atomic E-state index is 12.1. The molecule has 0 radical (unpaired) electrons. The molecule has 9 heteroatoms. The van der Waals surface area contributed by atoms with Crippen LogP contribution in [0.5, 0.6) is 11.5 Å². The number of nitrogens with zero attached hydrogens (tertiary/aromatic N) is 1. The van der Waals surface area contributed by atoms with Crippen LogP contribution in [0.4, 0.5) is 0 Å². The van der Waals surface area contributed by atoms with E-state index < -0.39 is 28.6 Å². The summed E-state index contributed by atoms with van der Waals surface area (Å²) in [5.74, 6) is -0.229. The van der Waals surface area contributed by atoms with E-state index in [0.29, 0.717) is 5.75 Å². The van der Waals surface area contributed by atoms with Gasteiger partial charge in [0, 0.05) is 6.07 Å². The Morgan fingerprint density at radius 2 is 1.95 bits per heavy atom. The van der Waals surface area contributed by atoms with Crippen molar-refractivity contribution >= 4 is 16.0 Å². The number of hydrogen-bond donors (Lipinski definition) is 1. The average molecular weight is 328 g/mol. The topological polar surface area (TPSA) is 115 Å². The second kappa shape index (κ2) is 7.63. The zero-order valence-corrected chi connectivity index (χ0v) is 13.1. The van der Waals surface area contributed by atoms with Gasteiger partial charge in [0.25, 0.3) is 0 Å². The Morgan fingerprint density at radius 1 is 1.32 bits per heavy atom. The molecular formula is C13H16N2O6S. The molecule has 0 aliphatic rings. The molecule has 0 amide bonds. The van der Waals surface area contributed by atoms with E-state index in [4.69, 9.17) is 14.7 Å². The zero-order valence-electron chi connectivity index (χ0n) is 12.3. The summed E-state index contributed by atoms with van der Waals surface area (Å²) in [6.07, 6.45) is -0.946. The van der Waals surface area contributed by atoms with E-state index in [1.807, 2.05) is 0 Å². The van der Waals surface area contributed by atoms with E-state index in [-0.39, 0.29) is 10.6 Å². The molecule has 8 nitrogen and oxygen atoms in total. The number of methoxy groups -OCH3 is 2. The quantitative estimate of drug-likeness (QED) is 0.722. The molecule has 0 aliphatic carbocycles. The minimum absolute atomic E-state index is 0.0914. The molecule has 0 spiro atoms. The van der Waals surface area contributed by atoms with Crippen LogP contribution in [0.2, 0.25) is 0 Å². The van der Waals surface area contributed by atoms with Crippen LogP contribution in [0.1, 0.15) is 6.92 Å². The maximum atomic E-state index is 12.1. The van der Waals surface area contributed by atoms with Gasteiger partial charge in [0.1, 0.15) is 12.6 Å². The monoisotopic (exact) mass is 328 g/mol. The first-order valence-electron chi connectivity index (χ1n) is 6.15. The van der Waals surface area contributed by atoms with Crippen LogP contribution < -0.4 is 14.2 Å². The minimum Gasteiger partial charge on any atom is -0.493 e. The van der Waals surface area contributed by atoms with Crippen LogP contribution in [-0.4, -0.2) is 41.3 Å². The van der Waals surface area contributed by atoms with Gasteiger partial charge >= 0.3 is 5.97 Å². The van der Waals surface area contributed by atoms with Crippen LogP contribution in [0.3, 0.4) is 0 Å². The van der Waals surface area contributed by atoms with Gasteiger partial charge in [-0.3, -0.25) is 4.79 Å². The molecule has 0 aliphatic heterocycles. The number of carbonyl (C=O) groups excluding carboxylic acids is 1. The lowest BCUT2D eigenvalue weighted by atomic mass is 10.3. The summed E-state index contributed by atoms with van der Waals surface area (Å²) in [5.41, 5.74) is 0. The first kappa shape index (κ1) is 17.7. The molecule has 120 valence electrons. The standard InChI is InChI=1S/C13H16N2O6S/c1-9(7-14)21-13(16)8-15-22(17,18)10-4-5-11(19-2)12(6-10)20-3/h4-6,9,15H,8H2,1-3H3/t9-/m0/s1. The van der Waals surface area contributed by atoms with Gasteiger partial charge in [-0.25, -0.2) is 8.42 Å². The highest BCUT2D eigenvalue weighted by molar-refractivity contribution is 7.89. The van der Waals surface area contributed by atoms with Crippen molar-refractivity contribution in [2.75, 3.05) is 20.8 Å². The molecule has 1 N–H and O–H groups in total. The summed E-state index contributed by atoms with van der Waals surface area (Å²) in [5, 5.41) is 8.51. The zero-order chi connectivity index (χ0) is 16.8. The van der Waals surface area contributed by atoms with Crippen molar-refractivity contribution < 1.29 is 27.4 Å². The molecule has 0 aromatic heterocycles. The van der Waals surface area contributed by atoms with E-state index in [0.717, 1.165) is 0 Å². The van der Waals surface area contributed by atoms with Crippen LogP contribution in [-0.2, 0) is 19.6 Å². The van der Waals surface area contributed by atoms with E-state index in [9.17, 15) is 13.2 Å². The second-order valence-electron chi connectivity index (χ2n) is 4.10. The van der Waals surface area contributed by atoms with E-state index in [1.165, 1.54) is 39.3 Å². The molecule has 22 heavy (non-hydrogen) atoms. The summed E-state index contributed by atoms with van der Waals surface area (Å²) < 4.78 is 40.9. The van der Waals surface area contributed by atoms with Crippen molar-refractivity contribution in [2.45, 2.75) is 17.9 Å². The first-order valence-corrected chi connectivity index (χ1v) is 7.63. The summed E-state index contributed by atoms with van der Waals surface area (Å²) in [4.78, 5) is 11.3. The van der Waals surface area contributed by atoms with Crippen molar-refractivity contribution in [3.05, 3.63) is 18.2 Å². The number of benzene rings is 1. The molecule has 0 saturated heterocycles. The number of ether oxygens (including phenoxy) is 3. The number of nitriles is 1. The highest BCUT2D eigenvalue weighted by Gasteiger charge is 2.19. The lowest BCUT2D eigenvalue weighted by Gasteiger charge is -2.11. The van der Waals surface area contributed by atoms with Crippen LogP contribution in [0.25, 0.3) is 0 Å². The molecule has 1 aromatic rings. The van der Waals surface area contributed by atoms with Gasteiger partial charge in [0.05, 0.1) is 19.1 Å². The fourth-order valence-corrected chi connectivity index (χ4v) is 2.47. The van der Waals surface area contributed by atoms with Crippen LogP contribution in [0, 0.1) is 11.3 Å². The maximum Gasteiger partial charge on any atom is 0.322 e. The van der Waals surface area contributed by atoms with Crippen molar-refractivity contribution in [3.63, 3.8) is 0 Å². The van der Waals surface area contributed by atoms with Crippen LogP contribution >= 0.6 is 0 Å². The molecule has 0 saturated carbocycles. The van der Waals surface area contributed by atoms with Crippen molar-refractivity contribution in [2.24, 2.45) is 0 Å². The SMILES string of the molecule is COc1ccc(S(=O)(=O)NCC(=O)O[C@@H](C)C#N)cc1OC. The number of sulfonamides is 1. The number of hydrogen-bond acceptors (Lipinski definition) is 7. The molecule has 1 rings (SSSR count). The van der Waals surface area contributed by atoms with Crippen molar-refractivity contribution in [3.8, 4) is 17.6 Å². The van der Waals surface area contributed by atoms with E-state index >= 15 is 0 Å². The van der Waals surface area contributed by atoms with Gasteiger partial charge in [0.2, 0.25) is 10.0 Å². The van der Waals surface area contributed by atoms with Crippen LogP contribution in [0.15, 0.2) is 23.1 Å². The van der Waals surface area contributed by atoms with Gasteiger partial charge in [-0.2, -0.15) is 9.98 Å². The largest absolute Gasteiger partial charge is 0.493 e. The Morgan fingerprint density at radius 3 is 2.50 bits per heavy atom. The first-order chi connectivity index (χ1) is 10.3. The molecule has 1 atom stereocenters. The van der Waals surface area contributed by atoms with Gasteiger partial charge in [-0.15, -0.1) is 0 Å². The minimum atomic E-state index is -3.92. The Kier molecular flexibility index (Phi) is 6.15. The lowest BCUT2D eigenvalue weighted by Crippen LogP contribution is -2.32. The summed E-state index contributed by atoms with van der Waals surface area (Å²) in [7, 11) is -1.12. The number of rotatable bonds is 7. The highest BCUT2D eigenvalue weighted by atomic mass is 32.2. The number of esters is 1. The van der Waals surface area contributed by atoms with E-state index in [1.54, 1.807) is 6.07 Å². The highest BCUT2D eigenvalue weighted by Crippen LogP contribution is 2.29. The molecule has 0 unspecified atom stereocenters. The third-order valence-electron chi connectivity index (χ3n) is 2.56. The Labute approximate surface area is 128 Å². The Balaban J connectivity index is 2.83. The Hall–Kier alpha value is -2.31. The van der Waals surface area contributed by atoms with Gasteiger partial charge in [-0.05, 0) is 19.1 Å². The summed E-state index contributed by atoms with van der Waals surface area (Å²) >= 11 is 0. The smallest absolute Gasteiger partial charge is 0.322 e. The van der Waals surface area contributed by atoms with Crippen molar-refractivity contribution in [1.82, 2.24) is 4.72 Å². The number of carbonyl (C=O) groups is 1. The predicted molar refractivity (Wildman–Crippen MR) is 75.9 cm³/mol. The molecule has 1 aromatic carbocycles. The third kappa shape index (κ3) is 4.61. The summed E-state index contributed by atoms with van der Waals surface area (Å²) in [6, 6.07) is 5.72. The van der Waals surface area contributed by atoms with E-state index in [2.05, 4.69) is 9.46 Å². The van der Waals surface area contributed by atoms with Gasteiger partial charge < -0.3 is 14.2 Å². The molecule has 0 bridgehead atoms. The second-order valence-corrected chi connectivity index (χ2v) is 5.87. The summed E-state index contributed by atoms with van der Waals surface area (Å²) in [6.45, 7) is 0.795. The molecule has 0 fully saturated rings. The molecular weight excluding hydrogens is 312 g/mol. The fourth-order valence-electron chi connectivity index (χ4n) is 1.49. The van der Waals surface area contributed by atoms with Crippen molar-refractivity contribution in [1.29, 1.82) is 5.26 Å². The fraction of sp³-hybridized carbons (Fsp3) is 0.385. The Bertz CT molecular complexity index is 680. The normalized spacial score (nSPS) is 12.1. The lowest BCUT2D eigenvalue weighted by molar-refractivity contribution is -0.144.